The molecule has 0 saturated carbocycles. The molecule has 8 nitrogen and oxygen atoms in total. The van der Waals surface area contributed by atoms with Gasteiger partial charge in [0.1, 0.15) is 11.5 Å². The molecule has 0 aliphatic heterocycles. The number of anilines is 1. The normalized spacial score (nSPS) is 10.4. The Morgan fingerprint density at radius 3 is 2.45 bits per heavy atom. The van der Waals surface area contributed by atoms with Crippen LogP contribution in [-0.4, -0.2) is 38.1 Å². The van der Waals surface area contributed by atoms with E-state index in [1.807, 2.05) is 0 Å². The quantitative estimate of drug-likeness (QED) is 0.495. The summed E-state index contributed by atoms with van der Waals surface area (Å²) in [5.74, 6) is -0.881. The lowest BCUT2D eigenvalue weighted by molar-refractivity contribution is -0.137. The van der Waals surface area contributed by atoms with E-state index in [4.69, 9.17) is 19.9 Å². The standard InChI is InChI=1S/C21H22N2O6/c1-3-28-20(25)11-6-14-4-7-15(8-5-14)23-19(24)13-29-18-10-9-16(27-2)12-17(18)21(22)26/h4-12H,3,13H2,1-2H3,(H2,22,26)(H,23,24)/b11-6+. The van der Waals surface area contributed by atoms with Crippen molar-refractivity contribution in [1.29, 1.82) is 0 Å². The first-order chi connectivity index (χ1) is 13.9. The van der Waals surface area contributed by atoms with Gasteiger partial charge in [0.25, 0.3) is 11.8 Å². The maximum absolute atomic E-state index is 12.1. The second-order valence-corrected chi connectivity index (χ2v) is 5.77. The molecule has 0 fully saturated rings. The van der Waals surface area contributed by atoms with Gasteiger partial charge in [-0.3, -0.25) is 9.59 Å². The van der Waals surface area contributed by atoms with Crippen molar-refractivity contribution < 1.29 is 28.6 Å². The Kier molecular flexibility index (Phi) is 7.78. The summed E-state index contributed by atoms with van der Waals surface area (Å²) >= 11 is 0. The SMILES string of the molecule is CCOC(=O)/C=C/c1ccc(NC(=O)COc2ccc(OC)cc2C(N)=O)cc1. The summed E-state index contributed by atoms with van der Waals surface area (Å²) in [6, 6.07) is 11.4. The van der Waals surface area contributed by atoms with Crippen LogP contribution in [0, 0.1) is 0 Å². The van der Waals surface area contributed by atoms with Crippen LogP contribution in [0.25, 0.3) is 6.08 Å². The van der Waals surface area contributed by atoms with Crippen LogP contribution >= 0.6 is 0 Å². The van der Waals surface area contributed by atoms with Crippen LogP contribution in [0.4, 0.5) is 5.69 Å². The third kappa shape index (κ3) is 6.69. The van der Waals surface area contributed by atoms with Crippen molar-refractivity contribution in [2.75, 3.05) is 25.6 Å². The Bertz CT molecular complexity index is 906. The predicted molar refractivity (Wildman–Crippen MR) is 108 cm³/mol. The average molecular weight is 398 g/mol. The smallest absolute Gasteiger partial charge is 0.330 e. The highest BCUT2D eigenvalue weighted by Crippen LogP contribution is 2.23. The van der Waals surface area contributed by atoms with Crippen molar-refractivity contribution in [2.24, 2.45) is 5.73 Å². The summed E-state index contributed by atoms with van der Waals surface area (Å²) in [6.07, 6.45) is 2.94. The molecule has 0 aromatic heterocycles. The minimum Gasteiger partial charge on any atom is -0.497 e. The highest BCUT2D eigenvalue weighted by Gasteiger charge is 2.13. The zero-order valence-corrected chi connectivity index (χ0v) is 16.1. The number of hydrogen-bond donors (Lipinski definition) is 2. The monoisotopic (exact) mass is 398 g/mol. The highest BCUT2D eigenvalue weighted by atomic mass is 16.5. The Balaban J connectivity index is 1.93. The number of hydrogen-bond acceptors (Lipinski definition) is 6. The number of methoxy groups -OCH3 is 1. The minimum atomic E-state index is -0.689. The van der Waals surface area contributed by atoms with Gasteiger partial charge < -0.3 is 25.3 Å². The lowest BCUT2D eigenvalue weighted by Crippen LogP contribution is -2.21. The van der Waals surface area contributed by atoms with E-state index in [0.29, 0.717) is 18.0 Å². The van der Waals surface area contributed by atoms with E-state index in [0.717, 1.165) is 5.56 Å². The van der Waals surface area contributed by atoms with Crippen molar-refractivity contribution in [1.82, 2.24) is 0 Å². The van der Waals surface area contributed by atoms with Gasteiger partial charge in [-0.15, -0.1) is 0 Å². The van der Waals surface area contributed by atoms with E-state index >= 15 is 0 Å². The van der Waals surface area contributed by atoms with E-state index in [2.05, 4.69) is 5.32 Å². The number of benzene rings is 2. The number of esters is 1. The van der Waals surface area contributed by atoms with Gasteiger partial charge in [0.05, 0.1) is 19.3 Å². The molecular weight excluding hydrogens is 376 g/mol. The third-order valence-corrected chi connectivity index (χ3v) is 3.70. The van der Waals surface area contributed by atoms with Gasteiger partial charge in [-0.05, 0) is 48.9 Å². The van der Waals surface area contributed by atoms with Crippen LogP contribution in [-0.2, 0) is 14.3 Å². The topological polar surface area (TPSA) is 117 Å². The summed E-state index contributed by atoms with van der Waals surface area (Å²) in [6.45, 7) is 1.74. The van der Waals surface area contributed by atoms with E-state index in [-0.39, 0.29) is 17.9 Å². The van der Waals surface area contributed by atoms with Gasteiger partial charge >= 0.3 is 5.97 Å². The van der Waals surface area contributed by atoms with E-state index in [1.165, 1.54) is 25.3 Å². The Hall–Kier alpha value is -3.81. The molecule has 152 valence electrons. The maximum Gasteiger partial charge on any atom is 0.330 e. The number of amides is 2. The fourth-order valence-corrected chi connectivity index (χ4v) is 2.33. The fraction of sp³-hybridized carbons (Fsp3) is 0.190. The second-order valence-electron chi connectivity index (χ2n) is 5.77. The van der Waals surface area contributed by atoms with Crippen LogP contribution in [0.3, 0.4) is 0 Å². The number of ether oxygens (including phenoxy) is 3. The van der Waals surface area contributed by atoms with Crippen LogP contribution in [0.15, 0.2) is 48.5 Å². The van der Waals surface area contributed by atoms with Crippen LogP contribution in [0.1, 0.15) is 22.8 Å². The molecule has 2 aromatic carbocycles. The summed E-state index contributed by atoms with van der Waals surface area (Å²) in [5.41, 5.74) is 6.78. The second kappa shape index (κ2) is 10.5. The van der Waals surface area contributed by atoms with Gasteiger partial charge in [0.15, 0.2) is 6.61 Å². The fourth-order valence-electron chi connectivity index (χ4n) is 2.33. The first kappa shape index (κ1) is 21.5. The van der Waals surface area contributed by atoms with Gasteiger partial charge in [-0.25, -0.2) is 4.79 Å². The molecule has 3 N–H and O–H groups in total. The lowest BCUT2D eigenvalue weighted by Gasteiger charge is -2.11. The van der Waals surface area contributed by atoms with Crippen LogP contribution in [0.5, 0.6) is 11.5 Å². The van der Waals surface area contributed by atoms with E-state index in [9.17, 15) is 14.4 Å². The van der Waals surface area contributed by atoms with Crippen LogP contribution < -0.4 is 20.5 Å². The summed E-state index contributed by atoms with van der Waals surface area (Å²) in [5, 5.41) is 2.68. The third-order valence-electron chi connectivity index (χ3n) is 3.70. The predicted octanol–water partition coefficient (Wildman–Crippen LogP) is 2.39. The molecule has 0 aliphatic rings. The highest BCUT2D eigenvalue weighted by molar-refractivity contribution is 5.96. The number of carbonyl (C=O) groups is 3. The average Bonchev–Trinajstić information content (AvgIpc) is 2.71. The maximum atomic E-state index is 12.1. The number of nitrogens with two attached hydrogens (primary N) is 1. The van der Waals surface area contributed by atoms with Crippen molar-refractivity contribution in [3.63, 3.8) is 0 Å². The molecule has 0 aliphatic carbocycles. The Morgan fingerprint density at radius 1 is 1.10 bits per heavy atom. The summed E-state index contributed by atoms with van der Waals surface area (Å²) in [4.78, 5) is 35.0. The largest absolute Gasteiger partial charge is 0.497 e. The summed E-state index contributed by atoms with van der Waals surface area (Å²) < 4.78 is 15.3. The first-order valence-corrected chi connectivity index (χ1v) is 8.78. The van der Waals surface area contributed by atoms with Gasteiger partial charge in [0, 0.05) is 11.8 Å². The van der Waals surface area contributed by atoms with E-state index in [1.54, 1.807) is 43.3 Å². The molecule has 29 heavy (non-hydrogen) atoms. The number of nitrogens with one attached hydrogen (secondary N) is 1. The van der Waals surface area contributed by atoms with Gasteiger partial charge in [-0.2, -0.15) is 0 Å². The molecular formula is C21H22N2O6. The lowest BCUT2D eigenvalue weighted by atomic mass is 10.2. The molecule has 0 heterocycles. The van der Waals surface area contributed by atoms with Crippen LogP contribution in [0.2, 0.25) is 0 Å². The molecule has 0 bridgehead atoms. The number of carbonyl (C=O) groups excluding carboxylic acids is 3. The molecule has 8 heteroatoms. The minimum absolute atomic E-state index is 0.120. The molecule has 2 aromatic rings. The van der Waals surface area contributed by atoms with Crippen molar-refractivity contribution in [3.05, 3.63) is 59.7 Å². The molecule has 0 atom stereocenters. The molecule has 2 rings (SSSR count). The summed E-state index contributed by atoms with van der Waals surface area (Å²) in [7, 11) is 1.46. The van der Waals surface area contributed by atoms with Gasteiger partial charge in [-0.1, -0.05) is 12.1 Å². The zero-order valence-electron chi connectivity index (χ0n) is 16.1. The molecule has 0 unspecified atom stereocenters. The van der Waals surface area contributed by atoms with E-state index < -0.39 is 17.8 Å². The Labute approximate surface area is 168 Å². The van der Waals surface area contributed by atoms with Crippen molar-refractivity contribution >= 4 is 29.5 Å². The first-order valence-electron chi connectivity index (χ1n) is 8.78. The van der Waals surface area contributed by atoms with Crippen molar-refractivity contribution in [2.45, 2.75) is 6.92 Å². The molecule has 0 spiro atoms. The molecule has 0 radical (unpaired) electrons. The number of primary amides is 1. The number of rotatable bonds is 9. The zero-order chi connectivity index (χ0) is 21.2. The van der Waals surface area contributed by atoms with Crippen molar-refractivity contribution in [3.8, 4) is 11.5 Å². The Morgan fingerprint density at radius 2 is 1.83 bits per heavy atom. The van der Waals surface area contributed by atoms with Gasteiger partial charge in [0.2, 0.25) is 0 Å². The molecule has 0 saturated heterocycles. The molecule has 2 amide bonds.